The molecule has 0 spiro atoms. The number of carbonyl (C=O) groups is 1. The molecule has 2 aromatic carbocycles. The number of carbonyl (C=O) groups excluding carboxylic acids is 1. The van der Waals surface area contributed by atoms with E-state index in [9.17, 15) is 4.79 Å². The van der Waals surface area contributed by atoms with Gasteiger partial charge in [-0.15, -0.1) is 0 Å². The highest BCUT2D eigenvalue weighted by Gasteiger charge is 2.64. The molecular formula is C23H25ClN2O2. The van der Waals surface area contributed by atoms with Crippen molar-refractivity contribution in [3.05, 3.63) is 64.7 Å². The van der Waals surface area contributed by atoms with E-state index in [1.807, 2.05) is 48.5 Å². The second-order valence-corrected chi connectivity index (χ2v) is 8.49. The van der Waals surface area contributed by atoms with E-state index < -0.39 is 0 Å². The van der Waals surface area contributed by atoms with Crippen LogP contribution in [0.25, 0.3) is 0 Å². The molecular weight excluding hydrogens is 372 g/mol. The molecule has 1 N–H and O–H groups in total. The number of nitrogens with zero attached hydrogens (tertiary/aromatic N) is 1. The number of amides is 1. The predicted molar refractivity (Wildman–Crippen MR) is 112 cm³/mol. The Hall–Kier alpha value is -2.33. The van der Waals surface area contributed by atoms with Crippen molar-refractivity contribution in [2.45, 2.75) is 39.2 Å². The molecule has 146 valence electrons. The van der Waals surface area contributed by atoms with Crippen LogP contribution in [0.2, 0.25) is 5.02 Å². The lowest BCUT2D eigenvalue weighted by Gasteiger charge is -2.15. The Bertz CT molecular complexity index is 880. The molecule has 0 aliphatic heterocycles. The van der Waals surface area contributed by atoms with Gasteiger partial charge < -0.3 is 4.74 Å². The van der Waals surface area contributed by atoms with Crippen molar-refractivity contribution in [1.82, 2.24) is 5.43 Å². The molecule has 5 heteroatoms. The van der Waals surface area contributed by atoms with Gasteiger partial charge >= 0.3 is 0 Å². The van der Waals surface area contributed by atoms with Gasteiger partial charge in [0.15, 0.2) is 0 Å². The quantitative estimate of drug-likeness (QED) is 0.539. The Kier molecular flexibility index (Phi) is 5.40. The Morgan fingerprint density at radius 3 is 2.86 bits per heavy atom. The number of nitrogens with one attached hydrogen (secondary N) is 1. The smallest absolute Gasteiger partial charge is 0.244 e. The van der Waals surface area contributed by atoms with Crippen LogP contribution in [0.3, 0.4) is 0 Å². The van der Waals surface area contributed by atoms with Gasteiger partial charge in [-0.25, -0.2) is 5.43 Å². The van der Waals surface area contributed by atoms with Crippen LogP contribution in [0.15, 0.2) is 53.6 Å². The summed E-state index contributed by atoms with van der Waals surface area (Å²) in [4.78, 5) is 12.5. The zero-order valence-electron chi connectivity index (χ0n) is 16.0. The number of fused-ring (bicyclic) bond motifs is 1. The first-order valence-corrected chi connectivity index (χ1v) is 10.2. The molecule has 1 amide bonds. The Labute approximate surface area is 170 Å². The van der Waals surface area contributed by atoms with Gasteiger partial charge in [0.1, 0.15) is 12.4 Å². The van der Waals surface area contributed by atoms with Crippen molar-refractivity contribution >= 4 is 23.7 Å². The fourth-order valence-electron chi connectivity index (χ4n) is 4.52. The lowest BCUT2D eigenvalue weighted by molar-refractivity contribution is -0.123. The number of hydrogen-bond donors (Lipinski definition) is 1. The van der Waals surface area contributed by atoms with Gasteiger partial charge in [0.05, 0.1) is 6.21 Å². The molecule has 2 fully saturated rings. The zero-order chi connectivity index (χ0) is 19.6. The van der Waals surface area contributed by atoms with Crippen LogP contribution in [0, 0.1) is 17.3 Å². The maximum absolute atomic E-state index is 12.5. The van der Waals surface area contributed by atoms with Crippen molar-refractivity contribution in [3.8, 4) is 5.75 Å². The Balaban J connectivity index is 1.30. The van der Waals surface area contributed by atoms with E-state index in [1.54, 1.807) is 6.21 Å². The summed E-state index contributed by atoms with van der Waals surface area (Å²) in [5, 5.41) is 4.88. The zero-order valence-corrected chi connectivity index (χ0v) is 16.8. The van der Waals surface area contributed by atoms with Crippen LogP contribution in [-0.4, -0.2) is 12.1 Å². The number of benzene rings is 2. The third kappa shape index (κ3) is 4.07. The lowest BCUT2D eigenvalue weighted by atomic mass is 9.90. The minimum absolute atomic E-state index is 0.0563. The first-order chi connectivity index (χ1) is 13.6. The largest absolute Gasteiger partial charge is 0.489 e. The van der Waals surface area contributed by atoms with Crippen LogP contribution in [0.1, 0.15) is 43.7 Å². The maximum Gasteiger partial charge on any atom is 0.244 e. The predicted octanol–water partition coefficient (Wildman–Crippen LogP) is 5.20. The van der Waals surface area contributed by atoms with Crippen molar-refractivity contribution in [2.75, 3.05) is 0 Å². The molecule has 0 saturated heterocycles. The fourth-order valence-corrected chi connectivity index (χ4v) is 4.65. The van der Waals surface area contributed by atoms with Crippen molar-refractivity contribution in [3.63, 3.8) is 0 Å². The molecule has 4 nitrogen and oxygen atoms in total. The van der Waals surface area contributed by atoms with Gasteiger partial charge in [0, 0.05) is 10.9 Å². The summed E-state index contributed by atoms with van der Waals surface area (Å²) in [5.41, 5.74) is 4.87. The van der Waals surface area contributed by atoms with Crippen molar-refractivity contribution < 1.29 is 9.53 Å². The molecule has 28 heavy (non-hydrogen) atoms. The normalized spacial score (nSPS) is 25.9. The highest BCUT2D eigenvalue weighted by molar-refractivity contribution is 6.30. The van der Waals surface area contributed by atoms with Crippen LogP contribution >= 0.6 is 11.6 Å². The van der Waals surface area contributed by atoms with Gasteiger partial charge in [-0.3, -0.25) is 4.79 Å². The summed E-state index contributed by atoms with van der Waals surface area (Å²) in [6.45, 7) is 2.71. The van der Waals surface area contributed by atoms with Crippen LogP contribution < -0.4 is 10.2 Å². The monoisotopic (exact) mass is 396 g/mol. The van der Waals surface area contributed by atoms with E-state index in [4.69, 9.17) is 16.3 Å². The minimum atomic E-state index is 0.0563. The lowest BCUT2D eigenvalue weighted by Crippen LogP contribution is -2.22. The second-order valence-electron chi connectivity index (χ2n) is 8.06. The molecule has 0 heterocycles. The number of hydrogen-bond acceptors (Lipinski definition) is 3. The molecule has 0 bridgehead atoms. The number of halogens is 1. The molecule has 3 atom stereocenters. The van der Waals surface area contributed by atoms with E-state index in [0.29, 0.717) is 17.5 Å². The minimum Gasteiger partial charge on any atom is -0.489 e. The summed E-state index contributed by atoms with van der Waals surface area (Å²) in [6.07, 6.45) is 6.48. The van der Waals surface area contributed by atoms with Gasteiger partial charge in [-0.2, -0.15) is 5.10 Å². The summed E-state index contributed by atoms with van der Waals surface area (Å²) in [5.74, 6) is 1.48. The SMILES string of the molecule is C[C@]12CCCC[C@@H]1[C@H]2C(=O)N/N=C\c1cccc(OCc2ccc(Cl)cc2)c1. The molecule has 2 aromatic rings. The van der Waals surface area contributed by atoms with E-state index in [2.05, 4.69) is 17.5 Å². The highest BCUT2D eigenvalue weighted by atomic mass is 35.5. The molecule has 0 unspecified atom stereocenters. The maximum atomic E-state index is 12.5. The van der Waals surface area contributed by atoms with Crippen molar-refractivity contribution in [2.24, 2.45) is 22.4 Å². The van der Waals surface area contributed by atoms with E-state index in [-0.39, 0.29) is 17.2 Å². The topological polar surface area (TPSA) is 50.7 Å². The average Bonchev–Trinajstić information content (AvgIpc) is 3.33. The molecule has 2 saturated carbocycles. The molecule has 0 radical (unpaired) electrons. The number of hydrazone groups is 1. The first kappa shape index (κ1) is 19.0. The first-order valence-electron chi connectivity index (χ1n) is 9.86. The standard InChI is InChI=1S/C23H25ClN2O2/c1-23-12-3-2-7-20(23)21(23)22(27)26-25-14-17-5-4-6-19(13-17)28-15-16-8-10-18(24)11-9-16/h4-6,8-11,13-14,20-21H,2-3,7,12,15H2,1H3,(H,26,27)/b25-14-/t20-,21+,23+/m1/s1. The third-order valence-corrected chi connectivity index (χ3v) is 6.43. The van der Waals surface area contributed by atoms with Gasteiger partial charge in [0.25, 0.3) is 0 Å². The summed E-state index contributed by atoms with van der Waals surface area (Å²) < 4.78 is 5.83. The number of ether oxygens (including phenoxy) is 1. The van der Waals surface area contributed by atoms with Gasteiger partial charge in [0.2, 0.25) is 5.91 Å². The molecule has 4 rings (SSSR count). The fraction of sp³-hybridized carbons (Fsp3) is 0.391. The molecule has 2 aliphatic carbocycles. The second kappa shape index (κ2) is 7.96. The summed E-state index contributed by atoms with van der Waals surface area (Å²) >= 11 is 5.90. The van der Waals surface area contributed by atoms with Gasteiger partial charge in [-0.05, 0) is 59.6 Å². The van der Waals surface area contributed by atoms with Gasteiger partial charge in [-0.1, -0.05) is 55.6 Å². The van der Waals surface area contributed by atoms with Crippen LogP contribution in [0.4, 0.5) is 0 Å². The average molecular weight is 397 g/mol. The van der Waals surface area contributed by atoms with E-state index in [1.165, 1.54) is 19.3 Å². The molecule has 0 aromatic heterocycles. The Morgan fingerprint density at radius 1 is 1.29 bits per heavy atom. The van der Waals surface area contributed by atoms with Crippen LogP contribution in [-0.2, 0) is 11.4 Å². The summed E-state index contributed by atoms with van der Waals surface area (Å²) in [7, 11) is 0. The van der Waals surface area contributed by atoms with Crippen LogP contribution in [0.5, 0.6) is 5.75 Å². The number of rotatable bonds is 6. The Morgan fingerprint density at radius 2 is 2.11 bits per heavy atom. The van der Waals surface area contributed by atoms with E-state index in [0.717, 1.165) is 23.3 Å². The van der Waals surface area contributed by atoms with Crippen molar-refractivity contribution in [1.29, 1.82) is 0 Å². The summed E-state index contributed by atoms with van der Waals surface area (Å²) in [6, 6.07) is 15.2. The van der Waals surface area contributed by atoms with E-state index >= 15 is 0 Å². The molecule has 2 aliphatic rings. The highest BCUT2D eigenvalue weighted by Crippen LogP contribution is 2.66. The third-order valence-electron chi connectivity index (χ3n) is 6.18.